The lowest BCUT2D eigenvalue weighted by Gasteiger charge is -2.24. The SMILES string of the molecule is O=C(CN(c1ccc(Cl)c(Cl)c1)S(=O)(=O)c1ccccc1)NCCCSCc1cccc(Cl)c1. The van der Waals surface area contributed by atoms with Crippen molar-refractivity contribution in [3.05, 3.63) is 93.4 Å². The van der Waals surface area contributed by atoms with E-state index < -0.39 is 15.9 Å². The van der Waals surface area contributed by atoms with Crippen LogP contribution in [0.15, 0.2) is 77.7 Å². The summed E-state index contributed by atoms with van der Waals surface area (Å²) in [4.78, 5) is 12.7. The second-order valence-corrected chi connectivity index (χ2v) is 11.5. The van der Waals surface area contributed by atoms with Crippen LogP contribution in [0.3, 0.4) is 0 Å². The van der Waals surface area contributed by atoms with E-state index in [1.54, 1.807) is 30.0 Å². The molecule has 0 aliphatic heterocycles. The van der Waals surface area contributed by atoms with Gasteiger partial charge in [0.05, 0.1) is 20.6 Å². The number of halogens is 3. The van der Waals surface area contributed by atoms with Crippen molar-refractivity contribution in [2.45, 2.75) is 17.1 Å². The molecule has 0 aromatic heterocycles. The number of anilines is 1. The maximum atomic E-state index is 13.3. The monoisotopic (exact) mass is 556 g/mol. The van der Waals surface area contributed by atoms with Gasteiger partial charge in [-0.1, -0.05) is 65.1 Å². The van der Waals surface area contributed by atoms with Crippen molar-refractivity contribution in [2.24, 2.45) is 0 Å². The third kappa shape index (κ3) is 7.55. The minimum atomic E-state index is -4.00. The highest BCUT2D eigenvalue weighted by Gasteiger charge is 2.27. The van der Waals surface area contributed by atoms with E-state index in [0.29, 0.717) is 16.6 Å². The van der Waals surface area contributed by atoms with Crippen molar-refractivity contribution in [1.29, 1.82) is 0 Å². The van der Waals surface area contributed by atoms with Crippen LogP contribution < -0.4 is 9.62 Å². The van der Waals surface area contributed by atoms with Gasteiger partial charge in [0.15, 0.2) is 0 Å². The molecule has 34 heavy (non-hydrogen) atoms. The van der Waals surface area contributed by atoms with Gasteiger partial charge in [-0.25, -0.2) is 8.42 Å². The second-order valence-electron chi connectivity index (χ2n) is 7.31. The van der Waals surface area contributed by atoms with E-state index in [1.165, 1.54) is 30.3 Å². The summed E-state index contributed by atoms with van der Waals surface area (Å²) in [7, 11) is -4.00. The highest BCUT2D eigenvalue weighted by molar-refractivity contribution is 7.98. The Balaban J connectivity index is 1.59. The molecule has 0 radical (unpaired) electrons. The number of thioether (sulfide) groups is 1. The highest BCUT2D eigenvalue weighted by Crippen LogP contribution is 2.30. The maximum Gasteiger partial charge on any atom is 0.264 e. The number of rotatable bonds is 11. The lowest BCUT2D eigenvalue weighted by atomic mass is 10.2. The van der Waals surface area contributed by atoms with Crippen molar-refractivity contribution >= 4 is 68.2 Å². The predicted molar refractivity (Wildman–Crippen MR) is 143 cm³/mol. The van der Waals surface area contributed by atoms with Crippen molar-refractivity contribution < 1.29 is 13.2 Å². The summed E-state index contributed by atoms with van der Waals surface area (Å²) < 4.78 is 27.6. The summed E-state index contributed by atoms with van der Waals surface area (Å²) in [5, 5.41) is 4.00. The number of benzene rings is 3. The van der Waals surface area contributed by atoms with E-state index in [9.17, 15) is 13.2 Å². The summed E-state index contributed by atoms with van der Waals surface area (Å²) in [6.45, 7) is 0.0484. The van der Waals surface area contributed by atoms with E-state index in [0.717, 1.165) is 27.8 Å². The van der Waals surface area contributed by atoms with Crippen LogP contribution in [-0.2, 0) is 20.6 Å². The lowest BCUT2D eigenvalue weighted by molar-refractivity contribution is -0.119. The van der Waals surface area contributed by atoms with Crippen LogP contribution in [0.2, 0.25) is 15.1 Å². The Hall–Kier alpha value is -1.90. The van der Waals surface area contributed by atoms with E-state index in [2.05, 4.69) is 5.32 Å². The maximum absolute atomic E-state index is 13.3. The van der Waals surface area contributed by atoms with Gasteiger partial charge >= 0.3 is 0 Å². The van der Waals surface area contributed by atoms with E-state index in [4.69, 9.17) is 34.8 Å². The van der Waals surface area contributed by atoms with E-state index >= 15 is 0 Å². The van der Waals surface area contributed by atoms with Gasteiger partial charge in [0.2, 0.25) is 5.91 Å². The van der Waals surface area contributed by atoms with Gasteiger partial charge in [0.1, 0.15) is 6.54 Å². The number of carbonyl (C=O) groups is 1. The average Bonchev–Trinajstić information content (AvgIpc) is 2.82. The Bertz CT molecular complexity index is 1230. The summed E-state index contributed by atoms with van der Waals surface area (Å²) in [6, 6.07) is 20.1. The Kier molecular flexibility index (Phi) is 9.97. The summed E-state index contributed by atoms with van der Waals surface area (Å²) in [6.07, 6.45) is 0.745. The largest absolute Gasteiger partial charge is 0.354 e. The van der Waals surface area contributed by atoms with Crippen LogP contribution in [-0.4, -0.2) is 33.2 Å². The van der Waals surface area contributed by atoms with Gasteiger partial charge in [-0.05, 0) is 60.2 Å². The number of hydrogen-bond acceptors (Lipinski definition) is 4. The van der Waals surface area contributed by atoms with Crippen LogP contribution in [0.4, 0.5) is 5.69 Å². The molecule has 0 fully saturated rings. The number of carbonyl (C=O) groups excluding carboxylic acids is 1. The number of nitrogens with one attached hydrogen (secondary N) is 1. The molecule has 0 spiro atoms. The van der Waals surface area contributed by atoms with Gasteiger partial charge in [-0.15, -0.1) is 0 Å². The first-order valence-corrected chi connectivity index (χ1v) is 14.1. The van der Waals surface area contributed by atoms with Crippen LogP contribution in [0, 0.1) is 0 Å². The number of amides is 1. The van der Waals surface area contributed by atoms with E-state index in [1.807, 2.05) is 24.3 Å². The molecule has 0 aliphatic carbocycles. The topological polar surface area (TPSA) is 66.5 Å². The molecule has 0 unspecified atom stereocenters. The average molecular weight is 558 g/mol. The minimum absolute atomic E-state index is 0.0753. The minimum Gasteiger partial charge on any atom is -0.354 e. The molecule has 0 bridgehead atoms. The number of sulfonamides is 1. The summed E-state index contributed by atoms with van der Waals surface area (Å²) >= 11 is 19.8. The fourth-order valence-corrected chi connectivity index (χ4v) is 5.93. The normalized spacial score (nSPS) is 11.3. The fourth-order valence-electron chi connectivity index (χ4n) is 3.08. The highest BCUT2D eigenvalue weighted by atomic mass is 35.5. The van der Waals surface area contributed by atoms with Crippen molar-refractivity contribution in [2.75, 3.05) is 23.1 Å². The molecular formula is C24H23Cl3N2O3S2. The lowest BCUT2D eigenvalue weighted by Crippen LogP contribution is -2.41. The van der Waals surface area contributed by atoms with Crippen molar-refractivity contribution in [3.8, 4) is 0 Å². The van der Waals surface area contributed by atoms with Gasteiger partial charge in [0.25, 0.3) is 10.0 Å². The third-order valence-electron chi connectivity index (χ3n) is 4.75. The molecule has 180 valence electrons. The van der Waals surface area contributed by atoms with Gasteiger partial charge in [-0.2, -0.15) is 11.8 Å². The Morgan fingerprint density at radius 1 is 0.912 bits per heavy atom. The molecule has 0 saturated carbocycles. The first kappa shape index (κ1) is 26.7. The standard InChI is InChI=1S/C24H23Cl3N2O3S2/c25-19-7-4-6-18(14-19)17-33-13-5-12-28-24(30)16-29(20-10-11-22(26)23(27)15-20)34(31,32)21-8-2-1-3-9-21/h1-4,6-11,14-15H,5,12-13,16-17H2,(H,28,30). The molecule has 0 heterocycles. The molecule has 3 aromatic rings. The number of nitrogens with zero attached hydrogens (tertiary/aromatic N) is 1. The molecular weight excluding hydrogens is 535 g/mol. The fraction of sp³-hybridized carbons (Fsp3) is 0.208. The Labute approximate surface area is 219 Å². The van der Waals surface area contributed by atoms with Gasteiger partial charge < -0.3 is 5.32 Å². The molecule has 3 aromatic carbocycles. The Morgan fingerprint density at radius 3 is 2.38 bits per heavy atom. The van der Waals surface area contributed by atoms with E-state index in [-0.39, 0.29) is 22.2 Å². The van der Waals surface area contributed by atoms with Crippen LogP contribution in [0.1, 0.15) is 12.0 Å². The zero-order valence-corrected chi connectivity index (χ0v) is 22.0. The molecule has 3 rings (SSSR count). The Morgan fingerprint density at radius 2 is 1.68 bits per heavy atom. The molecule has 1 amide bonds. The third-order valence-corrected chi connectivity index (χ3v) is 8.63. The number of hydrogen-bond donors (Lipinski definition) is 1. The first-order valence-electron chi connectivity index (χ1n) is 10.4. The molecule has 0 atom stereocenters. The van der Waals surface area contributed by atoms with Crippen LogP contribution >= 0.6 is 46.6 Å². The van der Waals surface area contributed by atoms with Crippen molar-refractivity contribution in [3.63, 3.8) is 0 Å². The van der Waals surface area contributed by atoms with Gasteiger partial charge in [0, 0.05) is 17.3 Å². The second kappa shape index (κ2) is 12.7. The molecule has 0 aliphatic rings. The molecule has 1 N–H and O–H groups in total. The van der Waals surface area contributed by atoms with Crippen LogP contribution in [0.5, 0.6) is 0 Å². The first-order chi connectivity index (χ1) is 16.3. The molecule has 5 nitrogen and oxygen atoms in total. The zero-order valence-electron chi connectivity index (χ0n) is 18.1. The summed E-state index contributed by atoms with van der Waals surface area (Å²) in [5.74, 6) is 1.26. The van der Waals surface area contributed by atoms with Gasteiger partial charge in [-0.3, -0.25) is 9.10 Å². The van der Waals surface area contributed by atoms with Crippen molar-refractivity contribution in [1.82, 2.24) is 5.32 Å². The molecule has 0 saturated heterocycles. The quantitative estimate of drug-likeness (QED) is 0.282. The smallest absolute Gasteiger partial charge is 0.264 e. The summed E-state index contributed by atoms with van der Waals surface area (Å²) in [5.41, 5.74) is 1.40. The zero-order chi connectivity index (χ0) is 24.6. The predicted octanol–water partition coefficient (Wildman–Crippen LogP) is 6.28. The molecule has 10 heteroatoms. The van der Waals surface area contributed by atoms with Crippen LogP contribution in [0.25, 0.3) is 0 Å².